The zero-order chi connectivity index (χ0) is 13.1. The molecule has 1 aromatic rings. The van der Waals surface area contributed by atoms with Crippen LogP contribution >= 0.6 is 11.3 Å². The number of aromatic nitrogens is 1. The summed E-state index contributed by atoms with van der Waals surface area (Å²) >= 11 is 1.80. The highest BCUT2D eigenvalue weighted by atomic mass is 32.1. The second kappa shape index (κ2) is 5.78. The fourth-order valence-corrected chi connectivity index (χ4v) is 2.74. The fourth-order valence-electron chi connectivity index (χ4n) is 1.60. The summed E-state index contributed by atoms with van der Waals surface area (Å²) in [6.07, 6.45) is 3.02. The summed E-state index contributed by atoms with van der Waals surface area (Å²) in [5.74, 6) is 0. The van der Waals surface area contributed by atoms with Gasteiger partial charge in [-0.3, -0.25) is 0 Å². The van der Waals surface area contributed by atoms with Crippen LogP contribution in [0.1, 0.15) is 36.3 Å². The number of aryl methyl sites for hydroxylation is 2. The molecule has 1 N–H and O–H groups in total. The van der Waals surface area contributed by atoms with E-state index in [2.05, 4.69) is 57.6 Å². The molecule has 0 aliphatic carbocycles. The van der Waals surface area contributed by atoms with Gasteiger partial charge in [-0.05, 0) is 13.8 Å². The summed E-state index contributed by atoms with van der Waals surface area (Å²) in [6.45, 7) is 15.7. The average molecular weight is 252 g/mol. The molecule has 0 aliphatic heterocycles. The Bertz CT molecular complexity index is 362. The average Bonchev–Trinajstić information content (AvgIpc) is 2.55. The molecule has 2 nitrogen and oxygen atoms in total. The van der Waals surface area contributed by atoms with Crippen LogP contribution < -0.4 is 5.32 Å². The van der Waals surface area contributed by atoms with Gasteiger partial charge >= 0.3 is 0 Å². The number of rotatable bonds is 6. The maximum atomic E-state index is 4.61. The smallest absolute Gasteiger partial charge is 0.0939 e. The lowest BCUT2D eigenvalue weighted by atomic mass is 9.87. The Labute approximate surface area is 109 Å². The Kier molecular flexibility index (Phi) is 4.90. The highest BCUT2D eigenvalue weighted by molar-refractivity contribution is 7.11. The molecule has 0 fully saturated rings. The second-order valence-corrected chi connectivity index (χ2v) is 6.61. The molecule has 0 spiro atoms. The van der Waals surface area contributed by atoms with Gasteiger partial charge in [0, 0.05) is 29.3 Å². The predicted molar refractivity (Wildman–Crippen MR) is 76.7 cm³/mol. The zero-order valence-electron chi connectivity index (χ0n) is 11.6. The highest BCUT2D eigenvalue weighted by Gasteiger charge is 2.23. The van der Waals surface area contributed by atoms with Crippen molar-refractivity contribution >= 4 is 11.3 Å². The number of thiazole rings is 1. The normalized spacial score (nSPS) is 14.9. The van der Waals surface area contributed by atoms with Crippen LogP contribution in [0.25, 0.3) is 0 Å². The van der Waals surface area contributed by atoms with E-state index in [0.717, 1.165) is 18.7 Å². The topological polar surface area (TPSA) is 24.9 Å². The first kappa shape index (κ1) is 14.4. The molecular formula is C14H24N2S. The lowest BCUT2D eigenvalue weighted by Crippen LogP contribution is -2.35. The van der Waals surface area contributed by atoms with Crippen LogP contribution in [0.4, 0.5) is 0 Å². The van der Waals surface area contributed by atoms with Crippen molar-refractivity contribution in [2.24, 2.45) is 5.41 Å². The van der Waals surface area contributed by atoms with E-state index in [9.17, 15) is 0 Å². The zero-order valence-corrected chi connectivity index (χ0v) is 12.4. The number of nitrogens with one attached hydrogen (secondary N) is 1. The summed E-state index contributed by atoms with van der Waals surface area (Å²) in [4.78, 5) is 5.94. The third-order valence-corrected chi connectivity index (χ3v) is 4.11. The molecule has 0 aromatic carbocycles. The number of hydrogen-bond acceptors (Lipinski definition) is 3. The summed E-state index contributed by atoms with van der Waals surface area (Å²) < 4.78 is 0. The van der Waals surface area contributed by atoms with Gasteiger partial charge in [0.25, 0.3) is 0 Å². The van der Waals surface area contributed by atoms with Crippen molar-refractivity contribution in [1.29, 1.82) is 0 Å². The van der Waals surface area contributed by atoms with E-state index in [1.54, 1.807) is 11.3 Å². The molecule has 1 aromatic heterocycles. The Morgan fingerprint density at radius 1 is 1.47 bits per heavy atom. The minimum Gasteiger partial charge on any atom is -0.314 e. The van der Waals surface area contributed by atoms with Crippen molar-refractivity contribution < 1.29 is 0 Å². The van der Waals surface area contributed by atoms with Gasteiger partial charge in [0.2, 0.25) is 0 Å². The van der Waals surface area contributed by atoms with Crippen LogP contribution in [0, 0.1) is 19.3 Å². The molecule has 1 heterocycles. The van der Waals surface area contributed by atoms with Crippen molar-refractivity contribution in [3.8, 4) is 0 Å². The first-order chi connectivity index (χ1) is 7.86. The quantitative estimate of drug-likeness (QED) is 0.784. The number of nitrogens with zero attached hydrogens (tertiary/aromatic N) is 1. The highest BCUT2D eigenvalue weighted by Crippen LogP contribution is 2.27. The lowest BCUT2D eigenvalue weighted by Gasteiger charge is -2.26. The lowest BCUT2D eigenvalue weighted by molar-refractivity contribution is 0.373. The SMILES string of the molecule is C=CC(C)(CNC(C)C)Cc1nc(C)c(C)s1. The molecule has 0 saturated carbocycles. The van der Waals surface area contributed by atoms with E-state index < -0.39 is 0 Å². The molecule has 0 saturated heterocycles. The molecule has 1 rings (SSSR count). The number of hydrogen-bond donors (Lipinski definition) is 1. The molecule has 3 heteroatoms. The van der Waals surface area contributed by atoms with Crippen LogP contribution in [0.2, 0.25) is 0 Å². The Morgan fingerprint density at radius 2 is 2.12 bits per heavy atom. The van der Waals surface area contributed by atoms with Gasteiger partial charge in [0.15, 0.2) is 0 Å². The Hall–Kier alpha value is -0.670. The third kappa shape index (κ3) is 4.25. The van der Waals surface area contributed by atoms with Gasteiger partial charge in [-0.1, -0.05) is 26.8 Å². The van der Waals surface area contributed by atoms with E-state index in [4.69, 9.17) is 0 Å². The second-order valence-electron chi connectivity index (χ2n) is 5.32. The van der Waals surface area contributed by atoms with Gasteiger partial charge in [-0.15, -0.1) is 17.9 Å². The van der Waals surface area contributed by atoms with Crippen LogP contribution in [-0.4, -0.2) is 17.6 Å². The van der Waals surface area contributed by atoms with Crippen LogP contribution in [0.3, 0.4) is 0 Å². The minimum absolute atomic E-state index is 0.0843. The molecule has 1 atom stereocenters. The summed E-state index contributed by atoms with van der Waals surface area (Å²) in [5, 5.41) is 4.70. The van der Waals surface area contributed by atoms with E-state index in [1.807, 2.05) is 0 Å². The van der Waals surface area contributed by atoms with Crippen molar-refractivity contribution in [3.05, 3.63) is 28.2 Å². The first-order valence-electron chi connectivity index (χ1n) is 6.16. The maximum Gasteiger partial charge on any atom is 0.0939 e. The van der Waals surface area contributed by atoms with Crippen LogP contribution in [0.5, 0.6) is 0 Å². The van der Waals surface area contributed by atoms with E-state index in [-0.39, 0.29) is 5.41 Å². The molecule has 0 radical (unpaired) electrons. The Balaban J connectivity index is 2.71. The van der Waals surface area contributed by atoms with Crippen LogP contribution in [-0.2, 0) is 6.42 Å². The molecule has 0 bridgehead atoms. The maximum absolute atomic E-state index is 4.61. The first-order valence-corrected chi connectivity index (χ1v) is 6.98. The van der Waals surface area contributed by atoms with Gasteiger partial charge in [0.05, 0.1) is 10.7 Å². The van der Waals surface area contributed by atoms with Gasteiger partial charge in [-0.25, -0.2) is 4.98 Å². The van der Waals surface area contributed by atoms with Crippen molar-refractivity contribution in [2.45, 2.75) is 47.1 Å². The van der Waals surface area contributed by atoms with Gasteiger partial charge in [0.1, 0.15) is 0 Å². The standard InChI is InChI=1S/C14H24N2S/c1-7-14(6,9-15-10(2)3)8-13-16-11(4)12(5)17-13/h7,10,15H,1,8-9H2,2-6H3. The molecule has 96 valence electrons. The predicted octanol–water partition coefficient (Wildman–Crippen LogP) is 3.49. The summed E-state index contributed by atoms with van der Waals surface area (Å²) in [5.41, 5.74) is 1.24. The summed E-state index contributed by atoms with van der Waals surface area (Å²) in [6, 6.07) is 0.508. The molecule has 1 unspecified atom stereocenters. The van der Waals surface area contributed by atoms with Crippen molar-refractivity contribution in [2.75, 3.05) is 6.54 Å². The van der Waals surface area contributed by atoms with Crippen LogP contribution in [0.15, 0.2) is 12.7 Å². The van der Waals surface area contributed by atoms with Crippen molar-refractivity contribution in [3.63, 3.8) is 0 Å². The van der Waals surface area contributed by atoms with E-state index in [1.165, 1.54) is 9.88 Å². The van der Waals surface area contributed by atoms with E-state index in [0.29, 0.717) is 6.04 Å². The Morgan fingerprint density at radius 3 is 2.53 bits per heavy atom. The molecular weight excluding hydrogens is 228 g/mol. The van der Waals surface area contributed by atoms with Gasteiger partial charge in [-0.2, -0.15) is 0 Å². The fraction of sp³-hybridized carbons (Fsp3) is 0.643. The van der Waals surface area contributed by atoms with E-state index >= 15 is 0 Å². The molecule has 0 aliphatic rings. The third-order valence-electron chi connectivity index (χ3n) is 3.03. The van der Waals surface area contributed by atoms with Crippen molar-refractivity contribution in [1.82, 2.24) is 10.3 Å². The largest absolute Gasteiger partial charge is 0.314 e. The molecule has 17 heavy (non-hydrogen) atoms. The minimum atomic E-state index is 0.0843. The monoisotopic (exact) mass is 252 g/mol. The summed E-state index contributed by atoms with van der Waals surface area (Å²) in [7, 11) is 0. The van der Waals surface area contributed by atoms with Gasteiger partial charge < -0.3 is 5.32 Å². The molecule has 0 amide bonds.